The molecule has 0 saturated heterocycles. The highest BCUT2D eigenvalue weighted by atomic mass is 16.5. The fourth-order valence-electron chi connectivity index (χ4n) is 2.85. The summed E-state index contributed by atoms with van der Waals surface area (Å²) < 4.78 is 5.97. The lowest BCUT2D eigenvalue weighted by Gasteiger charge is -2.31. The van der Waals surface area contributed by atoms with Crippen LogP contribution in [0.4, 0.5) is 5.69 Å². The Bertz CT molecular complexity index is 799. The van der Waals surface area contributed by atoms with Crippen molar-refractivity contribution in [2.24, 2.45) is 0 Å². The Morgan fingerprint density at radius 2 is 1.71 bits per heavy atom. The first-order valence-electron chi connectivity index (χ1n) is 6.99. The van der Waals surface area contributed by atoms with Gasteiger partial charge in [-0.15, -0.1) is 0 Å². The molecule has 0 fully saturated rings. The van der Waals surface area contributed by atoms with Gasteiger partial charge in [-0.3, -0.25) is 0 Å². The Morgan fingerprint density at radius 1 is 0.857 bits per heavy atom. The molecule has 0 atom stereocenters. The van der Waals surface area contributed by atoms with E-state index >= 15 is 0 Å². The summed E-state index contributed by atoms with van der Waals surface area (Å²) in [7, 11) is 0. The molecule has 1 N–H and O–H groups in total. The van der Waals surface area contributed by atoms with E-state index in [1.807, 2.05) is 42.5 Å². The third-order valence-electron chi connectivity index (χ3n) is 3.92. The number of phenolic OH excluding ortho intramolecular Hbond substituents is 1. The standard InChI is InChI=1S/C18H15NO2/c20-17-8-4-7-16-15(17)10-9-13-11-19(12-21-18(13)16)14-5-2-1-3-6-14/h1-10,20H,11-12H2. The molecule has 0 radical (unpaired) electrons. The van der Waals surface area contributed by atoms with Gasteiger partial charge < -0.3 is 14.7 Å². The molecule has 0 saturated carbocycles. The Labute approximate surface area is 123 Å². The van der Waals surface area contributed by atoms with Gasteiger partial charge in [-0.05, 0) is 18.2 Å². The summed E-state index contributed by atoms with van der Waals surface area (Å²) in [6, 6.07) is 19.8. The molecule has 3 heteroatoms. The van der Waals surface area contributed by atoms with Gasteiger partial charge in [-0.2, -0.15) is 0 Å². The molecule has 0 amide bonds. The number of aromatic hydroxyl groups is 1. The van der Waals surface area contributed by atoms with Crippen molar-refractivity contribution >= 4 is 16.5 Å². The molecule has 0 spiro atoms. The zero-order valence-electron chi connectivity index (χ0n) is 11.5. The van der Waals surface area contributed by atoms with Crippen molar-refractivity contribution in [3.05, 3.63) is 66.2 Å². The van der Waals surface area contributed by atoms with Gasteiger partial charge in [0, 0.05) is 28.6 Å². The summed E-state index contributed by atoms with van der Waals surface area (Å²) in [5, 5.41) is 11.7. The van der Waals surface area contributed by atoms with Crippen molar-refractivity contribution in [3.8, 4) is 11.5 Å². The Kier molecular flexibility index (Phi) is 2.71. The van der Waals surface area contributed by atoms with E-state index < -0.39 is 0 Å². The molecule has 0 bridgehead atoms. The predicted octanol–water partition coefficient (Wildman–Crippen LogP) is 3.90. The van der Waals surface area contributed by atoms with Gasteiger partial charge in [0.25, 0.3) is 0 Å². The largest absolute Gasteiger partial charge is 0.507 e. The second-order valence-corrected chi connectivity index (χ2v) is 5.23. The van der Waals surface area contributed by atoms with E-state index in [2.05, 4.69) is 17.0 Å². The van der Waals surface area contributed by atoms with Gasteiger partial charge in [-0.25, -0.2) is 0 Å². The number of fused-ring (bicyclic) bond motifs is 3. The first-order valence-corrected chi connectivity index (χ1v) is 6.99. The minimum absolute atomic E-state index is 0.296. The highest BCUT2D eigenvalue weighted by Crippen LogP contribution is 2.37. The fraction of sp³-hybridized carbons (Fsp3) is 0.111. The second-order valence-electron chi connectivity index (χ2n) is 5.23. The average Bonchev–Trinajstić information content (AvgIpc) is 2.55. The van der Waals surface area contributed by atoms with Crippen molar-refractivity contribution in [3.63, 3.8) is 0 Å². The summed E-state index contributed by atoms with van der Waals surface area (Å²) >= 11 is 0. The summed E-state index contributed by atoms with van der Waals surface area (Å²) in [4.78, 5) is 2.19. The number of ether oxygens (including phenoxy) is 1. The molecule has 4 rings (SSSR count). The zero-order chi connectivity index (χ0) is 14.2. The molecular weight excluding hydrogens is 262 g/mol. The minimum Gasteiger partial charge on any atom is -0.507 e. The van der Waals surface area contributed by atoms with E-state index in [-0.39, 0.29) is 0 Å². The molecular formula is C18H15NO2. The number of rotatable bonds is 1. The van der Waals surface area contributed by atoms with Gasteiger partial charge in [0.1, 0.15) is 11.5 Å². The number of benzene rings is 3. The van der Waals surface area contributed by atoms with Crippen LogP contribution in [-0.2, 0) is 6.54 Å². The normalized spacial score (nSPS) is 13.8. The first kappa shape index (κ1) is 12.1. The van der Waals surface area contributed by atoms with Crippen LogP contribution in [-0.4, -0.2) is 11.8 Å². The molecule has 21 heavy (non-hydrogen) atoms. The van der Waals surface area contributed by atoms with E-state index in [1.165, 1.54) is 0 Å². The van der Waals surface area contributed by atoms with Crippen LogP contribution in [0.5, 0.6) is 11.5 Å². The van der Waals surface area contributed by atoms with Gasteiger partial charge >= 0.3 is 0 Å². The molecule has 1 heterocycles. The Hall–Kier alpha value is -2.68. The predicted molar refractivity (Wildman–Crippen MR) is 83.7 cm³/mol. The lowest BCUT2D eigenvalue weighted by Crippen LogP contribution is -2.31. The number of anilines is 1. The number of para-hydroxylation sites is 1. The third kappa shape index (κ3) is 1.98. The van der Waals surface area contributed by atoms with E-state index in [1.54, 1.807) is 6.07 Å². The fourth-order valence-corrected chi connectivity index (χ4v) is 2.85. The van der Waals surface area contributed by atoms with E-state index in [0.717, 1.165) is 34.3 Å². The maximum absolute atomic E-state index is 9.94. The second kappa shape index (κ2) is 4.70. The van der Waals surface area contributed by atoms with Crippen LogP contribution >= 0.6 is 0 Å². The topological polar surface area (TPSA) is 32.7 Å². The van der Waals surface area contributed by atoms with E-state index in [4.69, 9.17) is 4.74 Å². The summed E-state index contributed by atoms with van der Waals surface area (Å²) in [5.41, 5.74) is 2.29. The lowest BCUT2D eigenvalue weighted by molar-refractivity contribution is 0.293. The quantitative estimate of drug-likeness (QED) is 0.732. The van der Waals surface area contributed by atoms with E-state index in [0.29, 0.717) is 12.5 Å². The van der Waals surface area contributed by atoms with Crippen LogP contribution in [0.1, 0.15) is 5.56 Å². The van der Waals surface area contributed by atoms with Crippen LogP contribution in [0.3, 0.4) is 0 Å². The SMILES string of the molecule is Oc1cccc2c3c(ccc12)CN(c1ccccc1)CO3. The van der Waals surface area contributed by atoms with Crippen LogP contribution in [0, 0.1) is 0 Å². The van der Waals surface area contributed by atoms with Crippen molar-refractivity contribution in [2.75, 3.05) is 11.6 Å². The molecule has 0 aromatic heterocycles. The molecule has 0 aliphatic carbocycles. The average molecular weight is 277 g/mol. The Morgan fingerprint density at radius 3 is 2.57 bits per heavy atom. The molecule has 1 aliphatic rings. The highest BCUT2D eigenvalue weighted by molar-refractivity contribution is 5.94. The third-order valence-corrected chi connectivity index (χ3v) is 3.92. The van der Waals surface area contributed by atoms with Crippen molar-refractivity contribution in [1.82, 2.24) is 0 Å². The number of nitrogens with zero attached hydrogens (tertiary/aromatic N) is 1. The number of hydrogen-bond acceptors (Lipinski definition) is 3. The lowest BCUT2D eigenvalue weighted by atomic mass is 10.0. The van der Waals surface area contributed by atoms with Gasteiger partial charge in [0.05, 0.1) is 0 Å². The Balaban J connectivity index is 1.77. The smallest absolute Gasteiger partial charge is 0.161 e. The van der Waals surface area contributed by atoms with Gasteiger partial charge in [0.15, 0.2) is 6.73 Å². The molecule has 3 nitrogen and oxygen atoms in total. The van der Waals surface area contributed by atoms with Gasteiger partial charge in [0.2, 0.25) is 0 Å². The zero-order valence-corrected chi connectivity index (χ0v) is 11.5. The van der Waals surface area contributed by atoms with Crippen LogP contribution in [0.15, 0.2) is 60.7 Å². The summed E-state index contributed by atoms with van der Waals surface area (Å²) in [6.45, 7) is 1.33. The van der Waals surface area contributed by atoms with Crippen molar-refractivity contribution < 1.29 is 9.84 Å². The van der Waals surface area contributed by atoms with E-state index in [9.17, 15) is 5.11 Å². The highest BCUT2D eigenvalue weighted by Gasteiger charge is 2.20. The maximum atomic E-state index is 9.94. The van der Waals surface area contributed by atoms with Crippen LogP contribution in [0.25, 0.3) is 10.8 Å². The summed E-state index contributed by atoms with van der Waals surface area (Å²) in [6.07, 6.45) is 0. The first-order chi connectivity index (χ1) is 10.3. The number of hydrogen-bond donors (Lipinski definition) is 1. The molecule has 1 aliphatic heterocycles. The maximum Gasteiger partial charge on any atom is 0.161 e. The minimum atomic E-state index is 0.296. The van der Waals surface area contributed by atoms with Gasteiger partial charge in [-0.1, -0.05) is 42.5 Å². The van der Waals surface area contributed by atoms with Crippen LogP contribution < -0.4 is 9.64 Å². The van der Waals surface area contributed by atoms with Crippen LogP contribution in [0.2, 0.25) is 0 Å². The van der Waals surface area contributed by atoms with Crippen molar-refractivity contribution in [2.45, 2.75) is 6.54 Å². The number of phenols is 1. The molecule has 3 aromatic carbocycles. The molecule has 0 unspecified atom stereocenters. The summed E-state index contributed by atoms with van der Waals surface area (Å²) in [5.74, 6) is 1.18. The monoisotopic (exact) mass is 277 g/mol. The molecule has 3 aromatic rings. The molecule has 104 valence electrons. The van der Waals surface area contributed by atoms with Crippen molar-refractivity contribution in [1.29, 1.82) is 0 Å².